The molecule has 1 saturated heterocycles. The summed E-state index contributed by atoms with van der Waals surface area (Å²) in [5, 5.41) is 11.2. The van der Waals surface area contributed by atoms with E-state index in [-0.39, 0.29) is 25.0 Å². The Morgan fingerprint density at radius 2 is 2.07 bits per heavy atom. The van der Waals surface area contributed by atoms with Crippen molar-refractivity contribution in [3.8, 4) is 6.01 Å². The van der Waals surface area contributed by atoms with Gasteiger partial charge in [0, 0.05) is 31.1 Å². The molecule has 0 saturated carbocycles. The molecule has 2 aliphatic rings. The molecule has 12 heteroatoms. The van der Waals surface area contributed by atoms with E-state index >= 15 is 0 Å². The first kappa shape index (κ1) is 19.5. The summed E-state index contributed by atoms with van der Waals surface area (Å²) in [7, 11) is 0. The van der Waals surface area contributed by atoms with Gasteiger partial charge < -0.3 is 19.5 Å². The first-order valence-corrected chi connectivity index (χ1v) is 10.7. The number of thiophene rings is 1. The molecule has 160 valence electrons. The first-order chi connectivity index (χ1) is 14.4. The third kappa shape index (κ3) is 3.47. The number of nitrogens with zero attached hydrogens (tertiary/aromatic N) is 6. The van der Waals surface area contributed by atoms with Crippen molar-refractivity contribution in [2.24, 2.45) is 0 Å². The minimum atomic E-state index is -4.52. The molecule has 0 spiro atoms. The molecule has 3 aromatic heterocycles. The number of halogens is 3. The summed E-state index contributed by atoms with van der Waals surface area (Å²) in [6.45, 7) is 4.30. The quantitative estimate of drug-likeness (QED) is 0.655. The molecule has 5 rings (SSSR count). The van der Waals surface area contributed by atoms with Crippen molar-refractivity contribution in [2.45, 2.75) is 45.1 Å². The van der Waals surface area contributed by atoms with Gasteiger partial charge in [0.05, 0.1) is 11.9 Å². The zero-order chi connectivity index (χ0) is 20.9. The fraction of sp³-hybridized carbons (Fsp3) is 0.556. The molecule has 0 aromatic carbocycles. The lowest BCUT2D eigenvalue weighted by molar-refractivity contribution is -0.147. The summed E-state index contributed by atoms with van der Waals surface area (Å²) in [6.07, 6.45) is -2.54. The fourth-order valence-corrected chi connectivity index (χ4v) is 4.76. The van der Waals surface area contributed by atoms with Crippen molar-refractivity contribution in [1.82, 2.24) is 30.0 Å². The Morgan fingerprint density at radius 3 is 2.77 bits per heavy atom. The van der Waals surface area contributed by atoms with Crippen molar-refractivity contribution in [1.29, 1.82) is 0 Å². The number of anilines is 1. The fourth-order valence-electron chi connectivity index (χ4n) is 3.64. The Morgan fingerprint density at radius 1 is 1.23 bits per heavy atom. The lowest BCUT2D eigenvalue weighted by Gasteiger charge is -2.30. The van der Waals surface area contributed by atoms with Crippen LogP contribution in [-0.2, 0) is 25.7 Å². The van der Waals surface area contributed by atoms with Crippen LogP contribution in [0.5, 0.6) is 6.01 Å². The summed E-state index contributed by atoms with van der Waals surface area (Å²) >= 11 is 1.60. The van der Waals surface area contributed by atoms with E-state index in [0.29, 0.717) is 18.4 Å². The van der Waals surface area contributed by atoms with Crippen LogP contribution in [-0.4, -0.2) is 50.5 Å². The van der Waals surface area contributed by atoms with Crippen LogP contribution in [0, 0.1) is 0 Å². The maximum absolute atomic E-state index is 13.1. The van der Waals surface area contributed by atoms with Gasteiger partial charge in [-0.25, -0.2) is 0 Å². The van der Waals surface area contributed by atoms with Gasteiger partial charge in [0.15, 0.2) is 5.82 Å². The van der Waals surface area contributed by atoms with Gasteiger partial charge in [0.1, 0.15) is 16.8 Å². The molecule has 2 aliphatic heterocycles. The van der Waals surface area contributed by atoms with Crippen LogP contribution in [0.2, 0.25) is 0 Å². The summed E-state index contributed by atoms with van der Waals surface area (Å²) < 4.78 is 46.5. The highest BCUT2D eigenvalue weighted by Gasteiger charge is 2.39. The molecule has 0 atom stereocenters. The van der Waals surface area contributed by atoms with Crippen LogP contribution in [0.4, 0.5) is 19.0 Å². The van der Waals surface area contributed by atoms with Crippen molar-refractivity contribution < 1.29 is 17.9 Å². The molecule has 0 aliphatic carbocycles. The molecular formula is C18H20F3N7OS. The van der Waals surface area contributed by atoms with Crippen LogP contribution in [0.25, 0.3) is 10.2 Å². The van der Waals surface area contributed by atoms with Gasteiger partial charge in [-0.05, 0) is 12.5 Å². The Hall–Kier alpha value is -2.47. The van der Waals surface area contributed by atoms with E-state index in [1.807, 2.05) is 4.90 Å². The number of aryl methyl sites for hydroxylation is 1. The zero-order valence-electron chi connectivity index (χ0n) is 16.2. The normalized spacial score (nSPS) is 17.3. The first-order valence-electron chi connectivity index (χ1n) is 9.84. The molecule has 0 amide bonds. The number of ether oxygens (including phenoxy) is 1. The second kappa shape index (κ2) is 7.34. The number of hydrogen-bond acceptors (Lipinski definition) is 8. The van der Waals surface area contributed by atoms with E-state index in [0.717, 1.165) is 40.7 Å². The summed E-state index contributed by atoms with van der Waals surface area (Å²) in [4.78, 5) is 13.2. The van der Waals surface area contributed by atoms with Gasteiger partial charge in [-0.2, -0.15) is 23.1 Å². The van der Waals surface area contributed by atoms with Crippen LogP contribution in [0.15, 0.2) is 6.07 Å². The molecular weight excluding hydrogens is 419 g/mol. The summed E-state index contributed by atoms with van der Waals surface area (Å²) in [5.41, 5.74) is 0. The van der Waals surface area contributed by atoms with Gasteiger partial charge in [-0.15, -0.1) is 21.5 Å². The highest BCUT2D eigenvalue weighted by molar-refractivity contribution is 7.18. The second-order valence-electron chi connectivity index (χ2n) is 7.42. The highest BCUT2D eigenvalue weighted by atomic mass is 32.1. The topological polar surface area (TPSA) is 81.0 Å². The molecule has 0 unspecified atom stereocenters. The second-order valence-corrected chi connectivity index (χ2v) is 8.54. The molecule has 1 N–H and O–H groups in total. The molecule has 1 fully saturated rings. The third-order valence-electron chi connectivity index (χ3n) is 5.22. The standard InChI is InChI=1S/C18H20F3N7OS/c1-2-3-11-6-12-14(23-17(24-15(12)30-11)29-10-7-22-8-10)27-4-5-28-13(9-27)25-26-16(28)18(19,20)21/h6,10,22H,2-5,7-9H2,1H3. The number of hydrogen-bond donors (Lipinski definition) is 1. The maximum atomic E-state index is 13.1. The largest absolute Gasteiger partial charge is 0.457 e. The maximum Gasteiger partial charge on any atom is 0.451 e. The van der Waals surface area contributed by atoms with Gasteiger partial charge in [0.25, 0.3) is 0 Å². The predicted octanol–water partition coefficient (Wildman–Crippen LogP) is 2.62. The minimum Gasteiger partial charge on any atom is -0.457 e. The van der Waals surface area contributed by atoms with E-state index in [4.69, 9.17) is 4.74 Å². The van der Waals surface area contributed by atoms with Crippen molar-refractivity contribution >= 4 is 27.4 Å². The van der Waals surface area contributed by atoms with E-state index < -0.39 is 12.0 Å². The van der Waals surface area contributed by atoms with Gasteiger partial charge in [-0.3, -0.25) is 0 Å². The molecule has 3 aromatic rings. The van der Waals surface area contributed by atoms with E-state index in [9.17, 15) is 13.2 Å². The predicted molar refractivity (Wildman–Crippen MR) is 105 cm³/mol. The Bertz CT molecular complexity index is 1080. The Labute approximate surface area is 174 Å². The van der Waals surface area contributed by atoms with E-state index in [1.165, 1.54) is 4.88 Å². The molecule has 5 heterocycles. The van der Waals surface area contributed by atoms with Crippen LogP contribution < -0.4 is 15.0 Å². The summed E-state index contributed by atoms with van der Waals surface area (Å²) in [5.74, 6) is -0.00837. The number of alkyl halides is 3. The third-order valence-corrected chi connectivity index (χ3v) is 6.31. The Kier molecular flexibility index (Phi) is 4.77. The monoisotopic (exact) mass is 439 g/mol. The van der Waals surface area contributed by atoms with Gasteiger partial charge >= 0.3 is 12.2 Å². The average Bonchev–Trinajstić information content (AvgIpc) is 3.27. The van der Waals surface area contributed by atoms with Crippen molar-refractivity contribution in [2.75, 3.05) is 24.5 Å². The molecule has 8 nitrogen and oxygen atoms in total. The molecule has 30 heavy (non-hydrogen) atoms. The van der Waals surface area contributed by atoms with Crippen LogP contribution >= 0.6 is 11.3 Å². The minimum absolute atomic E-state index is 0.0316. The molecule has 0 bridgehead atoms. The zero-order valence-corrected chi connectivity index (χ0v) is 17.1. The van der Waals surface area contributed by atoms with Crippen molar-refractivity contribution in [3.05, 3.63) is 22.6 Å². The number of rotatable bonds is 5. The van der Waals surface area contributed by atoms with Crippen LogP contribution in [0.3, 0.4) is 0 Å². The van der Waals surface area contributed by atoms with Crippen LogP contribution in [0.1, 0.15) is 29.9 Å². The lowest BCUT2D eigenvalue weighted by Crippen LogP contribution is -2.50. The van der Waals surface area contributed by atoms with Gasteiger partial charge in [0.2, 0.25) is 5.82 Å². The van der Waals surface area contributed by atoms with Gasteiger partial charge in [-0.1, -0.05) is 13.3 Å². The van der Waals surface area contributed by atoms with E-state index in [1.54, 1.807) is 11.3 Å². The number of nitrogens with one attached hydrogen (secondary N) is 1. The van der Waals surface area contributed by atoms with Crippen molar-refractivity contribution in [3.63, 3.8) is 0 Å². The highest BCUT2D eigenvalue weighted by Crippen LogP contribution is 2.36. The smallest absolute Gasteiger partial charge is 0.451 e. The number of aromatic nitrogens is 5. The summed E-state index contributed by atoms with van der Waals surface area (Å²) in [6, 6.07) is 2.38. The number of fused-ring (bicyclic) bond motifs is 2. The SMILES string of the molecule is CCCc1cc2c(N3CCn4c(nnc4C(F)(F)F)C3)nc(OC3CNC3)nc2s1. The van der Waals surface area contributed by atoms with E-state index in [2.05, 4.69) is 38.5 Å². The lowest BCUT2D eigenvalue weighted by atomic mass is 10.2. The molecule has 0 radical (unpaired) electrons. The Balaban J connectivity index is 1.51. The average molecular weight is 439 g/mol.